The van der Waals surface area contributed by atoms with Crippen LogP contribution in [0.4, 0.5) is 4.39 Å². The highest BCUT2D eigenvalue weighted by atomic mass is 19.1. The van der Waals surface area contributed by atoms with E-state index in [0.717, 1.165) is 0 Å². The van der Waals surface area contributed by atoms with Gasteiger partial charge in [0, 0.05) is 5.70 Å². The zero-order valence-electron chi connectivity index (χ0n) is 7.50. The summed E-state index contributed by atoms with van der Waals surface area (Å²) in [7, 11) is 0. The fourth-order valence-electron chi connectivity index (χ4n) is 0.788. The number of allylic oxidation sites excluding steroid dienone is 2. The normalized spacial score (nSPS) is 13.6. The van der Waals surface area contributed by atoms with Crippen LogP contribution in [-0.2, 0) is 9.59 Å². The minimum Gasteiger partial charge on any atom is -0.480 e. The van der Waals surface area contributed by atoms with Crippen molar-refractivity contribution in [2.24, 2.45) is 0 Å². The van der Waals surface area contributed by atoms with Crippen molar-refractivity contribution in [1.82, 2.24) is 5.32 Å². The van der Waals surface area contributed by atoms with E-state index in [4.69, 9.17) is 5.11 Å². The third kappa shape index (κ3) is 4.95. The Morgan fingerprint density at radius 3 is 2.38 bits per heavy atom. The maximum atomic E-state index is 12.1. The SMILES string of the molecule is CC(=O)C=C(C)N[C@@H](CF)C(=O)O. The summed E-state index contributed by atoms with van der Waals surface area (Å²) in [5, 5.41) is 10.8. The van der Waals surface area contributed by atoms with Gasteiger partial charge in [-0.05, 0) is 19.9 Å². The number of hydrogen-bond donors (Lipinski definition) is 2. The minimum atomic E-state index is -1.28. The molecule has 0 fully saturated rings. The molecule has 4 nitrogen and oxygen atoms in total. The first kappa shape index (κ1) is 11.6. The first-order valence-electron chi connectivity index (χ1n) is 3.71. The van der Waals surface area contributed by atoms with Crippen molar-refractivity contribution in [2.75, 3.05) is 6.67 Å². The second-order valence-electron chi connectivity index (χ2n) is 2.63. The Labute approximate surface area is 75.4 Å². The number of carbonyl (C=O) groups is 2. The molecule has 0 aromatic rings. The Bertz CT molecular complexity index is 238. The van der Waals surface area contributed by atoms with Crippen LogP contribution in [-0.4, -0.2) is 29.6 Å². The van der Waals surface area contributed by atoms with E-state index in [9.17, 15) is 14.0 Å². The number of hydrogen-bond acceptors (Lipinski definition) is 3. The Hall–Kier alpha value is -1.39. The van der Waals surface area contributed by atoms with Gasteiger partial charge in [-0.3, -0.25) is 4.79 Å². The van der Waals surface area contributed by atoms with Gasteiger partial charge >= 0.3 is 5.97 Å². The average Bonchev–Trinajstić information content (AvgIpc) is 1.98. The number of carbonyl (C=O) groups excluding carboxylic acids is 1. The third-order valence-electron chi connectivity index (χ3n) is 1.27. The average molecular weight is 189 g/mol. The van der Waals surface area contributed by atoms with Gasteiger partial charge in [0.1, 0.15) is 6.67 Å². The summed E-state index contributed by atoms with van der Waals surface area (Å²) in [5.41, 5.74) is 0.345. The number of rotatable bonds is 5. The van der Waals surface area contributed by atoms with Gasteiger partial charge < -0.3 is 10.4 Å². The summed E-state index contributed by atoms with van der Waals surface area (Å²) >= 11 is 0. The molecule has 0 heterocycles. The molecule has 0 aromatic carbocycles. The molecular weight excluding hydrogens is 177 g/mol. The zero-order valence-corrected chi connectivity index (χ0v) is 7.50. The summed E-state index contributed by atoms with van der Waals surface area (Å²) in [6.07, 6.45) is 1.21. The van der Waals surface area contributed by atoms with Gasteiger partial charge in [-0.2, -0.15) is 0 Å². The lowest BCUT2D eigenvalue weighted by atomic mass is 10.3. The lowest BCUT2D eigenvalue weighted by Gasteiger charge is -2.11. The van der Waals surface area contributed by atoms with Crippen molar-refractivity contribution in [3.05, 3.63) is 11.8 Å². The molecule has 0 bridgehead atoms. The van der Waals surface area contributed by atoms with Crippen LogP contribution in [0.2, 0.25) is 0 Å². The Morgan fingerprint density at radius 2 is 2.08 bits per heavy atom. The van der Waals surface area contributed by atoms with Crippen molar-refractivity contribution < 1.29 is 19.1 Å². The van der Waals surface area contributed by atoms with Gasteiger partial charge in [0.05, 0.1) is 0 Å². The molecule has 0 aliphatic carbocycles. The third-order valence-corrected chi connectivity index (χ3v) is 1.27. The molecule has 0 unspecified atom stereocenters. The molecular formula is C8H12FNO3. The van der Waals surface area contributed by atoms with E-state index in [-0.39, 0.29) is 5.78 Å². The molecule has 0 saturated heterocycles. The molecule has 0 saturated carbocycles. The fraction of sp³-hybridized carbons (Fsp3) is 0.500. The molecule has 0 aromatic heterocycles. The van der Waals surface area contributed by atoms with E-state index in [2.05, 4.69) is 5.32 Å². The molecule has 0 aliphatic heterocycles. The van der Waals surface area contributed by atoms with Crippen LogP contribution in [0.25, 0.3) is 0 Å². The number of halogens is 1. The molecule has 0 amide bonds. The highest BCUT2D eigenvalue weighted by Crippen LogP contribution is 1.93. The molecule has 2 N–H and O–H groups in total. The number of ketones is 1. The molecule has 13 heavy (non-hydrogen) atoms. The highest BCUT2D eigenvalue weighted by molar-refractivity contribution is 5.87. The van der Waals surface area contributed by atoms with E-state index in [0.29, 0.717) is 5.70 Å². The zero-order chi connectivity index (χ0) is 10.4. The van der Waals surface area contributed by atoms with Crippen LogP contribution in [0.5, 0.6) is 0 Å². The van der Waals surface area contributed by atoms with Gasteiger partial charge in [-0.15, -0.1) is 0 Å². The largest absolute Gasteiger partial charge is 0.480 e. The van der Waals surface area contributed by atoms with Gasteiger partial charge in [0.25, 0.3) is 0 Å². The van der Waals surface area contributed by atoms with Crippen molar-refractivity contribution in [3.8, 4) is 0 Å². The highest BCUT2D eigenvalue weighted by Gasteiger charge is 2.16. The first-order valence-corrected chi connectivity index (χ1v) is 3.71. The first-order chi connectivity index (χ1) is 5.97. The number of alkyl halides is 1. The Morgan fingerprint density at radius 1 is 1.54 bits per heavy atom. The second kappa shape index (κ2) is 5.29. The van der Waals surface area contributed by atoms with Crippen LogP contribution in [0.1, 0.15) is 13.8 Å². The summed E-state index contributed by atoms with van der Waals surface area (Å²) in [5.74, 6) is -1.49. The number of aliphatic carboxylic acids is 1. The Kier molecular flexibility index (Phi) is 4.72. The van der Waals surface area contributed by atoms with Crippen LogP contribution in [0, 0.1) is 0 Å². The quantitative estimate of drug-likeness (QED) is 0.618. The fourth-order valence-corrected chi connectivity index (χ4v) is 0.788. The maximum Gasteiger partial charge on any atom is 0.328 e. The van der Waals surface area contributed by atoms with Crippen LogP contribution < -0.4 is 5.32 Å². The summed E-state index contributed by atoms with van der Waals surface area (Å²) in [6.45, 7) is 1.82. The van der Waals surface area contributed by atoms with E-state index in [1.807, 2.05) is 0 Å². The number of carboxylic acid groups (broad SMARTS) is 1. The predicted octanol–water partition coefficient (Wildman–Crippen LogP) is 0.491. The predicted molar refractivity (Wildman–Crippen MR) is 45.0 cm³/mol. The van der Waals surface area contributed by atoms with Crippen LogP contribution in [0.3, 0.4) is 0 Å². The van der Waals surface area contributed by atoms with Gasteiger partial charge in [-0.25, -0.2) is 9.18 Å². The van der Waals surface area contributed by atoms with Gasteiger partial charge in [0.2, 0.25) is 0 Å². The lowest BCUT2D eigenvalue weighted by Crippen LogP contribution is -2.37. The van der Waals surface area contributed by atoms with Crippen LogP contribution >= 0.6 is 0 Å². The summed E-state index contributed by atoms with van der Waals surface area (Å²) < 4.78 is 12.1. The number of carboxylic acids is 1. The topological polar surface area (TPSA) is 66.4 Å². The summed E-state index contributed by atoms with van der Waals surface area (Å²) in [4.78, 5) is 20.9. The molecule has 74 valence electrons. The molecule has 0 rings (SSSR count). The molecule has 0 radical (unpaired) electrons. The molecule has 5 heteroatoms. The number of nitrogens with one attached hydrogen (secondary N) is 1. The van der Waals surface area contributed by atoms with Gasteiger partial charge in [-0.1, -0.05) is 0 Å². The molecule has 0 aliphatic rings. The van der Waals surface area contributed by atoms with E-state index >= 15 is 0 Å². The monoisotopic (exact) mass is 189 g/mol. The standard InChI is InChI=1S/C8H12FNO3/c1-5(3-6(2)11)10-7(4-9)8(12)13/h3,7,10H,4H2,1-2H3,(H,12,13)/t7-/m0/s1. The minimum absolute atomic E-state index is 0.215. The summed E-state index contributed by atoms with van der Waals surface area (Å²) in [6, 6.07) is -1.28. The second-order valence-corrected chi connectivity index (χ2v) is 2.63. The van der Waals surface area contributed by atoms with Crippen molar-refractivity contribution in [2.45, 2.75) is 19.9 Å². The lowest BCUT2D eigenvalue weighted by molar-refractivity contribution is -0.139. The van der Waals surface area contributed by atoms with Gasteiger partial charge in [0.15, 0.2) is 11.8 Å². The molecule has 1 atom stereocenters. The maximum absolute atomic E-state index is 12.1. The smallest absolute Gasteiger partial charge is 0.328 e. The van der Waals surface area contributed by atoms with Crippen molar-refractivity contribution in [3.63, 3.8) is 0 Å². The van der Waals surface area contributed by atoms with E-state index in [1.165, 1.54) is 19.9 Å². The van der Waals surface area contributed by atoms with Crippen LogP contribution in [0.15, 0.2) is 11.8 Å². The van der Waals surface area contributed by atoms with E-state index < -0.39 is 18.7 Å². The van der Waals surface area contributed by atoms with E-state index in [1.54, 1.807) is 0 Å². The van der Waals surface area contributed by atoms with Crippen molar-refractivity contribution in [1.29, 1.82) is 0 Å². The van der Waals surface area contributed by atoms with Crippen molar-refractivity contribution >= 4 is 11.8 Å². The molecule has 0 spiro atoms. The Balaban J connectivity index is 4.24.